The maximum atomic E-state index is 13.6. The van der Waals surface area contributed by atoms with Crippen LogP contribution in [0.5, 0.6) is 5.75 Å². The topological polar surface area (TPSA) is 45.6 Å². The van der Waals surface area contributed by atoms with E-state index in [-0.39, 0.29) is 11.6 Å². The molecule has 1 saturated carbocycles. The fraction of sp³-hybridized carbons (Fsp3) is 0.550. The standard InChI is InChI=1S/C20H26F2N2O2/c1-12(2)5-6-26-15-8-17-16(18(21)22)7-13(3)24(19(17)23-11-15)14-9-20(4,25)10-14/h7-8,11-12,14,18,25H,3,5-6,9-10H2,1-2,4H3/t14-,20-. The summed E-state index contributed by atoms with van der Waals surface area (Å²) >= 11 is 0. The Morgan fingerprint density at radius 1 is 1.42 bits per heavy atom. The highest BCUT2D eigenvalue weighted by molar-refractivity contribution is 5.84. The molecule has 2 aliphatic rings. The Labute approximate surface area is 153 Å². The van der Waals surface area contributed by atoms with Crippen molar-refractivity contribution in [2.24, 2.45) is 5.92 Å². The third-order valence-corrected chi connectivity index (χ3v) is 4.93. The molecule has 142 valence electrons. The van der Waals surface area contributed by atoms with Crippen LogP contribution >= 0.6 is 0 Å². The maximum Gasteiger partial charge on any atom is 0.264 e. The Morgan fingerprint density at radius 3 is 2.69 bits per heavy atom. The number of nitrogens with zero attached hydrogens (tertiary/aromatic N) is 2. The van der Waals surface area contributed by atoms with E-state index >= 15 is 0 Å². The van der Waals surface area contributed by atoms with Gasteiger partial charge in [-0.25, -0.2) is 13.8 Å². The van der Waals surface area contributed by atoms with Gasteiger partial charge in [-0.05, 0) is 44.2 Å². The number of alkyl halides is 2. The number of hydrogen-bond acceptors (Lipinski definition) is 4. The molecule has 0 saturated heterocycles. The molecule has 0 atom stereocenters. The number of aromatic nitrogens is 1. The highest BCUT2D eigenvalue weighted by Crippen LogP contribution is 2.45. The van der Waals surface area contributed by atoms with Crippen LogP contribution in [-0.2, 0) is 0 Å². The van der Waals surface area contributed by atoms with E-state index in [0.29, 0.717) is 48.2 Å². The molecule has 1 aliphatic heterocycles. The van der Waals surface area contributed by atoms with E-state index in [1.165, 1.54) is 6.08 Å². The van der Waals surface area contributed by atoms with Gasteiger partial charge in [-0.3, -0.25) is 0 Å². The third-order valence-electron chi connectivity index (χ3n) is 4.93. The second-order valence-electron chi connectivity index (χ2n) is 7.89. The van der Waals surface area contributed by atoms with E-state index in [1.54, 1.807) is 19.2 Å². The van der Waals surface area contributed by atoms with Crippen LogP contribution in [0.4, 0.5) is 14.6 Å². The molecule has 0 bridgehead atoms. The zero-order chi connectivity index (χ0) is 19.1. The van der Waals surface area contributed by atoms with Gasteiger partial charge in [0.25, 0.3) is 6.43 Å². The van der Waals surface area contributed by atoms with E-state index in [1.807, 2.05) is 4.90 Å². The molecule has 4 nitrogen and oxygen atoms in total. The molecule has 1 fully saturated rings. The number of allylic oxidation sites excluding steroid dienone is 2. The molecular formula is C20H26F2N2O2. The summed E-state index contributed by atoms with van der Waals surface area (Å²) in [5, 5.41) is 10.0. The molecular weight excluding hydrogens is 338 g/mol. The summed E-state index contributed by atoms with van der Waals surface area (Å²) in [7, 11) is 0. The van der Waals surface area contributed by atoms with Gasteiger partial charge >= 0.3 is 0 Å². The van der Waals surface area contributed by atoms with Crippen molar-refractivity contribution in [1.82, 2.24) is 4.98 Å². The maximum absolute atomic E-state index is 13.6. The number of fused-ring (bicyclic) bond motifs is 1. The predicted molar refractivity (Wildman–Crippen MR) is 98.4 cm³/mol. The second-order valence-corrected chi connectivity index (χ2v) is 7.89. The van der Waals surface area contributed by atoms with Gasteiger partial charge in [-0.15, -0.1) is 0 Å². The SMILES string of the molecule is C=C1C=C(C(F)F)c2cc(OCCC(C)C)cnc2N1[C@H]1C[C@](C)(O)C1. The van der Waals surface area contributed by atoms with Crippen molar-refractivity contribution in [3.63, 3.8) is 0 Å². The van der Waals surface area contributed by atoms with Gasteiger partial charge in [0.2, 0.25) is 0 Å². The Morgan fingerprint density at radius 2 is 2.12 bits per heavy atom. The molecule has 1 aromatic heterocycles. The van der Waals surface area contributed by atoms with Gasteiger partial charge in [0.05, 0.1) is 18.4 Å². The molecule has 6 heteroatoms. The Hall–Kier alpha value is -1.95. The first kappa shape index (κ1) is 18.8. The molecule has 0 unspecified atom stereocenters. The largest absolute Gasteiger partial charge is 0.492 e. The molecule has 0 aromatic carbocycles. The van der Waals surface area contributed by atoms with E-state index < -0.39 is 12.0 Å². The number of anilines is 1. The van der Waals surface area contributed by atoms with Crippen molar-refractivity contribution in [3.8, 4) is 5.75 Å². The summed E-state index contributed by atoms with van der Waals surface area (Å²) in [4.78, 5) is 6.27. The summed E-state index contributed by atoms with van der Waals surface area (Å²) in [6.45, 7) is 10.4. The summed E-state index contributed by atoms with van der Waals surface area (Å²) in [5.41, 5.74) is 0.0435. The van der Waals surface area contributed by atoms with Crippen LogP contribution in [0.1, 0.15) is 45.6 Å². The lowest BCUT2D eigenvalue weighted by Crippen LogP contribution is -2.54. The van der Waals surface area contributed by atoms with Crippen molar-refractivity contribution in [2.45, 2.75) is 58.1 Å². The highest BCUT2D eigenvalue weighted by atomic mass is 19.3. The minimum absolute atomic E-state index is 0.00642. The minimum atomic E-state index is -2.62. The molecule has 1 aliphatic carbocycles. The van der Waals surface area contributed by atoms with E-state index in [4.69, 9.17) is 4.74 Å². The van der Waals surface area contributed by atoms with Crippen LogP contribution in [0.3, 0.4) is 0 Å². The highest BCUT2D eigenvalue weighted by Gasteiger charge is 2.44. The number of aliphatic hydroxyl groups is 1. The van der Waals surface area contributed by atoms with Gasteiger partial charge in [0, 0.05) is 22.9 Å². The predicted octanol–water partition coefficient (Wildman–Crippen LogP) is 4.40. The smallest absolute Gasteiger partial charge is 0.264 e. The van der Waals surface area contributed by atoms with E-state index in [0.717, 1.165) is 6.42 Å². The van der Waals surface area contributed by atoms with Gasteiger partial charge in [-0.2, -0.15) is 0 Å². The Kier molecular flexibility index (Phi) is 5.06. The molecule has 1 N–H and O–H groups in total. The fourth-order valence-electron chi connectivity index (χ4n) is 3.52. The molecule has 0 radical (unpaired) electrons. The average Bonchev–Trinajstić information content (AvgIpc) is 2.51. The van der Waals surface area contributed by atoms with Crippen LogP contribution in [0.2, 0.25) is 0 Å². The molecule has 0 spiro atoms. The number of pyridine rings is 1. The van der Waals surface area contributed by atoms with Crippen molar-refractivity contribution >= 4 is 11.4 Å². The van der Waals surface area contributed by atoms with E-state index in [2.05, 4.69) is 25.4 Å². The summed E-state index contributed by atoms with van der Waals surface area (Å²) in [6.07, 6.45) is 2.36. The van der Waals surface area contributed by atoms with Crippen molar-refractivity contribution in [2.75, 3.05) is 11.5 Å². The van der Waals surface area contributed by atoms with Crippen LogP contribution in [0.15, 0.2) is 30.6 Å². The van der Waals surface area contributed by atoms with Gasteiger partial charge < -0.3 is 14.7 Å². The fourth-order valence-corrected chi connectivity index (χ4v) is 3.52. The average molecular weight is 364 g/mol. The third kappa shape index (κ3) is 3.75. The minimum Gasteiger partial charge on any atom is -0.492 e. The van der Waals surface area contributed by atoms with Gasteiger partial charge in [0.15, 0.2) is 0 Å². The van der Waals surface area contributed by atoms with Crippen molar-refractivity contribution in [1.29, 1.82) is 0 Å². The van der Waals surface area contributed by atoms with Crippen molar-refractivity contribution in [3.05, 3.63) is 36.2 Å². The molecule has 2 heterocycles. The molecule has 0 amide bonds. The van der Waals surface area contributed by atoms with Gasteiger partial charge in [0.1, 0.15) is 11.6 Å². The molecule has 26 heavy (non-hydrogen) atoms. The quantitative estimate of drug-likeness (QED) is 0.813. The second kappa shape index (κ2) is 6.99. The van der Waals surface area contributed by atoms with Crippen LogP contribution in [0.25, 0.3) is 5.57 Å². The monoisotopic (exact) mass is 364 g/mol. The Bertz CT molecular complexity index is 721. The first-order chi connectivity index (χ1) is 12.2. The number of ether oxygens (including phenoxy) is 1. The number of halogens is 2. The summed E-state index contributed by atoms with van der Waals surface area (Å²) < 4.78 is 32.8. The normalized spacial score (nSPS) is 25.2. The first-order valence-corrected chi connectivity index (χ1v) is 9.01. The zero-order valence-corrected chi connectivity index (χ0v) is 15.5. The lowest BCUT2D eigenvalue weighted by Gasteiger charge is -2.48. The molecule has 3 rings (SSSR count). The zero-order valence-electron chi connectivity index (χ0n) is 15.5. The van der Waals surface area contributed by atoms with Crippen molar-refractivity contribution < 1.29 is 18.6 Å². The first-order valence-electron chi connectivity index (χ1n) is 9.01. The Balaban J connectivity index is 1.89. The molecule has 1 aromatic rings. The van der Waals surface area contributed by atoms with Gasteiger partial charge in [-0.1, -0.05) is 20.4 Å². The van der Waals surface area contributed by atoms with E-state index in [9.17, 15) is 13.9 Å². The summed E-state index contributed by atoms with van der Waals surface area (Å²) in [6, 6.07) is 1.64. The summed E-state index contributed by atoms with van der Waals surface area (Å²) in [5.74, 6) is 1.45. The number of hydrogen-bond donors (Lipinski definition) is 1. The van der Waals surface area contributed by atoms with Crippen LogP contribution in [0, 0.1) is 5.92 Å². The van der Waals surface area contributed by atoms with Crippen LogP contribution < -0.4 is 9.64 Å². The van der Waals surface area contributed by atoms with Crippen LogP contribution in [-0.4, -0.2) is 34.8 Å². The lowest BCUT2D eigenvalue weighted by molar-refractivity contribution is -0.0294. The lowest BCUT2D eigenvalue weighted by atomic mass is 9.75. The number of rotatable bonds is 6.